The molecular weight excluding hydrogens is 373 g/mol. The summed E-state index contributed by atoms with van der Waals surface area (Å²) in [7, 11) is -3.87. The van der Waals surface area contributed by atoms with Crippen molar-refractivity contribution in [2.45, 2.75) is 29.9 Å². The van der Waals surface area contributed by atoms with E-state index >= 15 is 0 Å². The van der Waals surface area contributed by atoms with Crippen LogP contribution < -0.4 is 0 Å². The van der Waals surface area contributed by atoms with Crippen LogP contribution in [0.15, 0.2) is 33.9 Å². The molecule has 0 radical (unpaired) electrons. The number of rotatable bonds is 5. The van der Waals surface area contributed by atoms with Gasteiger partial charge < -0.3 is 9.32 Å². The topological polar surface area (TPSA) is 93.4 Å². The first-order valence-electron chi connectivity index (χ1n) is 7.57. The van der Waals surface area contributed by atoms with Gasteiger partial charge in [-0.3, -0.25) is 4.79 Å². The van der Waals surface area contributed by atoms with Crippen LogP contribution in [0, 0.1) is 5.82 Å². The monoisotopic (exact) mass is 387 g/mol. The number of aromatic nitrogens is 2. The lowest BCUT2D eigenvalue weighted by Crippen LogP contribution is -2.31. The van der Waals surface area contributed by atoms with Crippen LogP contribution in [-0.2, 0) is 20.4 Å². The van der Waals surface area contributed by atoms with E-state index < -0.39 is 26.9 Å². The molecule has 2 heterocycles. The molecule has 0 bridgehead atoms. The molecule has 0 N–H and O–H groups in total. The molecule has 1 atom stereocenters. The van der Waals surface area contributed by atoms with Gasteiger partial charge in [0.25, 0.3) is 0 Å². The van der Waals surface area contributed by atoms with Crippen molar-refractivity contribution in [3.05, 3.63) is 41.5 Å². The SMILES string of the molecule is O=C(CCl)N1CCC[C@H]1c1nnc(S(=O)(=O)Cc2ccc(F)cc2)o1. The van der Waals surface area contributed by atoms with Gasteiger partial charge in [-0.25, -0.2) is 12.8 Å². The molecule has 25 heavy (non-hydrogen) atoms. The van der Waals surface area contributed by atoms with Gasteiger partial charge in [0.15, 0.2) is 0 Å². The molecule has 1 aromatic carbocycles. The molecule has 1 fully saturated rings. The summed E-state index contributed by atoms with van der Waals surface area (Å²) < 4.78 is 43.0. The van der Waals surface area contributed by atoms with Crippen molar-refractivity contribution in [2.24, 2.45) is 0 Å². The minimum Gasteiger partial charge on any atom is -0.410 e. The lowest BCUT2D eigenvalue weighted by Gasteiger charge is -2.20. The molecule has 0 aliphatic carbocycles. The van der Waals surface area contributed by atoms with E-state index in [-0.39, 0.29) is 23.4 Å². The number of benzene rings is 1. The Bertz CT molecular complexity index is 869. The summed E-state index contributed by atoms with van der Waals surface area (Å²) >= 11 is 5.58. The highest BCUT2D eigenvalue weighted by molar-refractivity contribution is 7.90. The molecule has 7 nitrogen and oxygen atoms in total. The Labute approximate surface area is 148 Å². The van der Waals surface area contributed by atoms with Gasteiger partial charge in [-0.2, -0.15) is 0 Å². The molecule has 1 amide bonds. The highest BCUT2D eigenvalue weighted by atomic mass is 35.5. The maximum Gasteiger partial charge on any atom is 0.335 e. The smallest absolute Gasteiger partial charge is 0.335 e. The molecule has 1 saturated heterocycles. The maximum absolute atomic E-state index is 12.9. The molecule has 1 aliphatic heterocycles. The number of hydrogen-bond acceptors (Lipinski definition) is 6. The van der Waals surface area contributed by atoms with E-state index in [1.165, 1.54) is 29.2 Å². The van der Waals surface area contributed by atoms with Gasteiger partial charge in [-0.15, -0.1) is 16.7 Å². The van der Waals surface area contributed by atoms with E-state index in [4.69, 9.17) is 16.0 Å². The molecule has 0 spiro atoms. The highest BCUT2D eigenvalue weighted by Crippen LogP contribution is 2.32. The van der Waals surface area contributed by atoms with Gasteiger partial charge >= 0.3 is 5.22 Å². The van der Waals surface area contributed by atoms with Gasteiger partial charge in [-0.05, 0) is 30.5 Å². The Kier molecular flexibility index (Phi) is 5.05. The third-order valence-electron chi connectivity index (χ3n) is 3.93. The summed E-state index contributed by atoms with van der Waals surface area (Å²) in [6, 6.07) is 4.65. The predicted octanol–water partition coefficient (Wildman–Crippen LogP) is 2.08. The molecule has 134 valence electrons. The third-order valence-corrected chi connectivity index (χ3v) is 5.57. The zero-order chi connectivity index (χ0) is 18.0. The molecule has 3 rings (SSSR count). The average molecular weight is 388 g/mol. The number of hydrogen-bond donors (Lipinski definition) is 0. The van der Waals surface area contributed by atoms with Crippen molar-refractivity contribution < 1.29 is 22.0 Å². The number of likely N-dealkylation sites (tertiary alicyclic amines) is 1. The highest BCUT2D eigenvalue weighted by Gasteiger charge is 2.34. The number of halogens is 2. The Morgan fingerprint density at radius 2 is 2.04 bits per heavy atom. The number of alkyl halides is 1. The van der Waals surface area contributed by atoms with Crippen LogP contribution in [0.25, 0.3) is 0 Å². The number of carbonyl (C=O) groups excluding carboxylic acids is 1. The number of carbonyl (C=O) groups is 1. The average Bonchev–Trinajstić information content (AvgIpc) is 3.25. The summed E-state index contributed by atoms with van der Waals surface area (Å²) in [4.78, 5) is 13.3. The van der Waals surface area contributed by atoms with Crippen molar-refractivity contribution in [2.75, 3.05) is 12.4 Å². The Morgan fingerprint density at radius 3 is 2.72 bits per heavy atom. The van der Waals surface area contributed by atoms with Crippen LogP contribution in [0.4, 0.5) is 4.39 Å². The molecule has 1 aliphatic rings. The third kappa shape index (κ3) is 3.82. The first kappa shape index (κ1) is 17.8. The van der Waals surface area contributed by atoms with Crippen LogP contribution in [0.5, 0.6) is 0 Å². The molecule has 10 heteroatoms. The minimum absolute atomic E-state index is 0.0775. The van der Waals surface area contributed by atoms with E-state index in [0.717, 1.165) is 6.42 Å². The second kappa shape index (κ2) is 7.09. The molecule has 2 aromatic rings. The van der Waals surface area contributed by atoms with Crippen LogP contribution >= 0.6 is 11.6 Å². The van der Waals surface area contributed by atoms with Crippen molar-refractivity contribution in [3.63, 3.8) is 0 Å². The maximum atomic E-state index is 12.9. The van der Waals surface area contributed by atoms with Gasteiger partial charge in [0.2, 0.25) is 21.6 Å². The minimum atomic E-state index is -3.87. The fourth-order valence-corrected chi connectivity index (χ4v) is 4.03. The van der Waals surface area contributed by atoms with E-state index in [1.807, 2.05) is 0 Å². The van der Waals surface area contributed by atoms with Crippen LogP contribution in [0.1, 0.15) is 30.3 Å². The molecule has 1 aromatic heterocycles. The Morgan fingerprint density at radius 1 is 1.32 bits per heavy atom. The van der Waals surface area contributed by atoms with E-state index in [2.05, 4.69) is 10.2 Å². The zero-order valence-corrected chi connectivity index (χ0v) is 14.6. The van der Waals surface area contributed by atoms with Gasteiger partial charge in [0, 0.05) is 6.54 Å². The van der Waals surface area contributed by atoms with Crippen LogP contribution in [0.2, 0.25) is 0 Å². The number of amides is 1. The lowest BCUT2D eigenvalue weighted by molar-refractivity contribution is -0.129. The quantitative estimate of drug-likeness (QED) is 0.729. The van der Waals surface area contributed by atoms with Crippen LogP contribution in [0.3, 0.4) is 0 Å². The largest absolute Gasteiger partial charge is 0.410 e. The summed E-state index contributed by atoms with van der Waals surface area (Å²) in [5.41, 5.74) is 0.404. The van der Waals surface area contributed by atoms with E-state index in [0.29, 0.717) is 18.5 Å². The fraction of sp³-hybridized carbons (Fsp3) is 0.400. The summed E-state index contributed by atoms with van der Waals surface area (Å²) in [6.45, 7) is 0.510. The predicted molar refractivity (Wildman–Crippen MR) is 86.0 cm³/mol. The van der Waals surface area contributed by atoms with Crippen molar-refractivity contribution in [1.82, 2.24) is 15.1 Å². The van der Waals surface area contributed by atoms with Crippen molar-refractivity contribution in [1.29, 1.82) is 0 Å². The fourth-order valence-electron chi connectivity index (χ4n) is 2.74. The standard InChI is InChI=1S/C15H15ClFN3O4S/c16-8-13(21)20-7-1-2-12(20)14-18-19-15(24-14)25(22,23)9-10-3-5-11(17)6-4-10/h3-6,12H,1-2,7-9H2/t12-/m0/s1. The second-order valence-corrected chi connectivity index (χ2v) is 7.81. The summed E-state index contributed by atoms with van der Waals surface area (Å²) in [5, 5.41) is 6.89. The van der Waals surface area contributed by atoms with E-state index in [9.17, 15) is 17.6 Å². The second-order valence-electron chi connectivity index (χ2n) is 5.67. The first-order valence-corrected chi connectivity index (χ1v) is 9.75. The number of nitrogens with zero attached hydrogens (tertiary/aromatic N) is 3. The van der Waals surface area contributed by atoms with E-state index in [1.54, 1.807) is 0 Å². The Hall–Kier alpha value is -2.00. The molecular formula is C15H15ClFN3O4S. The molecule has 0 unspecified atom stereocenters. The lowest BCUT2D eigenvalue weighted by atomic mass is 10.2. The normalized spacial score (nSPS) is 17.8. The van der Waals surface area contributed by atoms with Crippen molar-refractivity contribution >= 4 is 27.3 Å². The number of sulfone groups is 1. The molecule has 0 saturated carbocycles. The van der Waals surface area contributed by atoms with Gasteiger partial charge in [0.1, 0.15) is 17.7 Å². The zero-order valence-electron chi connectivity index (χ0n) is 13.1. The van der Waals surface area contributed by atoms with Gasteiger partial charge in [-0.1, -0.05) is 17.2 Å². The first-order chi connectivity index (χ1) is 11.9. The van der Waals surface area contributed by atoms with Crippen LogP contribution in [-0.4, -0.2) is 41.8 Å². The summed E-state index contributed by atoms with van der Waals surface area (Å²) in [6.07, 6.45) is 1.34. The van der Waals surface area contributed by atoms with Crippen molar-refractivity contribution in [3.8, 4) is 0 Å². The van der Waals surface area contributed by atoms with Gasteiger partial charge in [0.05, 0.1) is 5.75 Å². The summed E-state index contributed by atoms with van der Waals surface area (Å²) in [5.74, 6) is -1.19. The Balaban J connectivity index is 1.80.